The standard InChI is InChI=1S/C12H11BrN2OS/c13-10-11(14)15-12(17-10)8-3-4-9-7(6-8)2-1-5-16-9/h3-4,6H,1-2,5,14H2. The average Bonchev–Trinajstić information content (AvgIpc) is 2.69. The molecule has 88 valence electrons. The van der Waals surface area contributed by atoms with Crippen LogP contribution < -0.4 is 10.5 Å². The molecule has 0 saturated carbocycles. The molecule has 0 aliphatic carbocycles. The number of aromatic nitrogens is 1. The molecule has 3 nitrogen and oxygen atoms in total. The molecule has 0 fully saturated rings. The second-order valence-corrected chi connectivity index (χ2v) is 6.27. The van der Waals surface area contributed by atoms with E-state index in [0.29, 0.717) is 5.82 Å². The van der Waals surface area contributed by atoms with Crippen molar-refractivity contribution in [1.29, 1.82) is 0 Å². The Morgan fingerprint density at radius 1 is 1.41 bits per heavy atom. The predicted octanol–water partition coefficient (Wildman–Crippen LogP) is 3.48. The molecule has 1 aromatic heterocycles. The molecule has 0 unspecified atom stereocenters. The fraction of sp³-hybridized carbons (Fsp3) is 0.250. The van der Waals surface area contributed by atoms with Gasteiger partial charge in [-0.1, -0.05) is 0 Å². The van der Waals surface area contributed by atoms with E-state index >= 15 is 0 Å². The molecule has 0 saturated heterocycles. The van der Waals surface area contributed by atoms with Gasteiger partial charge in [0.1, 0.15) is 20.4 Å². The number of fused-ring (bicyclic) bond motifs is 1. The summed E-state index contributed by atoms with van der Waals surface area (Å²) in [5.41, 5.74) is 8.11. The Morgan fingerprint density at radius 3 is 3.06 bits per heavy atom. The lowest BCUT2D eigenvalue weighted by molar-refractivity contribution is 0.288. The second-order valence-electron chi connectivity index (χ2n) is 3.95. The lowest BCUT2D eigenvalue weighted by Crippen LogP contribution is -2.07. The zero-order valence-electron chi connectivity index (χ0n) is 9.07. The molecule has 1 aliphatic heterocycles. The van der Waals surface area contributed by atoms with Crippen LogP contribution in [0, 0.1) is 0 Å². The van der Waals surface area contributed by atoms with Crippen molar-refractivity contribution in [2.45, 2.75) is 12.8 Å². The number of benzene rings is 1. The molecule has 3 rings (SSSR count). The minimum Gasteiger partial charge on any atom is -0.493 e. The van der Waals surface area contributed by atoms with Gasteiger partial charge in [-0.15, -0.1) is 11.3 Å². The number of aryl methyl sites for hydroxylation is 1. The van der Waals surface area contributed by atoms with Gasteiger partial charge in [0.15, 0.2) is 0 Å². The summed E-state index contributed by atoms with van der Waals surface area (Å²) in [6, 6.07) is 6.21. The molecule has 0 spiro atoms. The average molecular weight is 311 g/mol. The van der Waals surface area contributed by atoms with Gasteiger partial charge in [-0.25, -0.2) is 4.98 Å². The van der Waals surface area contributed by atoms with Crippen LogP contribution in [0.5, 0.6) is 5.75 Å². The van der Waals surface area contributed by atoms with Crippen molar-refractivity contribution in [1.82, 2.24) is 4.98 Å². The molecule has 0 atom stereocenters. The van der Waals surface area contributed by atoms with Crippen LogP contribution in [-0.2, 0) is 6.42 Å². The van der Waals surface area contributed by atoms with E-state index in [1.54, 1.807) is 11.3 Å². The molecule has 5 heteroatoms. The molecule has 0 radical (unpaired) electrons. The molecule has 0 amide bonds. The van der Waals surface area contributed by atoms with E-state index in [9.17, 15) is 0 Å². The first kappa shape index (κ1) is 11.0. The highest BCUT2D eigenvalue weighted by molar-refractivity contribution is 9.11. The van der Waals surface area contributed by atoms with Crippen LogP contribution in [-0.4, -0.2) is 11.6 Å². The van der Waals surface area contributed by atoms with Crippen LogP contribution >= 0.6 is 27.3 Å². The molecule has 1 aromatic carbocycles. The van der Waals surface area contributed by atoms with E-state index in [-0.39, 0.29) is 0 Å². The van der Waals surface area contributed by atoms with Gasteiger partial charge < -0.3 is 10.5 Å². The lowest BCUT2D eigenvalue weighted by Gasteiger charge is -2.17. The van der Waals surface area contributed by atoms with E-state index in [0.717, 1.165) is 39.6 Å². The third-order valence-corrected chi connectivity index (χ3v) is 4.57. The summed E-state index contributed by atoms with van der Waals surface area (Å²) in [6.45, 7) is 0.822. The maximum atomic E-state index is 5.74. The van der Waals surface area contributed by atoms with Crippen molar-refractivity contribution in [2.75, 3.05) is 12.3 Å². The third kappa shape index (κ3) is 2.05. The van der Waals surface area contributed by atoms with E-state index < -0.39 is 0 Å². The fourth-order valence-electron chi connectivity index (χ4n) is 1.93. The monoisotopic (exact) mass is 310 g/mol. The number of nitrogens with two attached hydrogens (primary N) is 1. The van der Waals surface area contributed by atoms with Crippen molar-refractivity contribution < 1.29 is 4.74 Å². The molecule has 0 bridgehead atoms. The summed E-state index contributed by atoms with van der Waals surface area (Å²) in [7, 11) is 0. The van der Waals surface area contributed by atoms with Crippen LogP contribution in [0.15, 0.2) is 22.0 Å². The van der Waals surface area contributed by atoms with E-state index in [1.807, 2.05) is 12.1 Å². The van der Waals surface area contributed by atoms with Gasteiger partial charge in [0.05, 0.1) is 6.61 Å². The van der Waals surface area contributed by atoms with Crippen molar-refractivity contribution in [2.24, 2.45) is 0 Å². The molecule has 17 heavy (non-hydrogen) atoms. The smallest absolute Gasteiger partial charge is 0.149 e. The number of thiazole rings is 1. The Morgan fingerprint density at radius 2 is 2.29 bits per heavy atom. The number of rotatable bonds is 1. The van der Waals surface area contributed by atoms with Gasteiger partial charge in [-0.2, -0.15) is 0 Å². The highest BCUT2D eigenvalue weighted by Gasteiger charge is 2.13. The summed E-state index contributed by atoms with van der Waals surface area (Å²) in [5, 5.41) is 0.947. The highest BCUT2D eigenvalue weighted by Crippen LogP contribution is 2.36. The predicted molar refractivity (Wildman–Crippen MR) is 73.5 cm³/mol. The molecule has 1 aliphatic rings. The minimum atomic E-state index is 0.555. The van der Waals surface area contributed by atoms with Gasteiger partial charge in [0.2, 0.25) is 0 Å². The van der Waals surface area contributed by atoms with Crippen molar-refractivity contribution in [3.8, 4) is 16.3 Å². The third-order valence-electron chi connectivity index (χ3n) is 2.77. The summed E-state index contributed by atoms with van der Waals surface area (Å²) in [6.07, 6.45) is 2.16. The van der Waals surface area contributed by atoms with E-state index in [1.165, 1.54) is 5.56 Å². The number of nitrogen functional groups attached to an aromatic ring is 1. The molecule has 2 heterocycles. The Kier molecular flexibility index (Phi) is 2.80. The summed E-state index contributed by atoms with van der Waals surface area (Å²) < 4.78 is 6.48. The SMILES string of the molecule is Nc1nc(-c2ccc3c(c2)CCCO3)sc1Br. The first-order valence-corrected chi connectivity index (χ1v) is 7.03. The quantitative estimate of drug-likeness (QED) is 0.877. The van der Waals surface area contributed by atoms with Crippen molar-refractivity contribution in [3.63, 3.8) is 0 Å². The Bertz CT molecular complexity index is 548. The normalized spacial score (nSPS) is 14.2. The van der Waals surface area contributed by atoms with E-state index in [2.05, 4.69) is 27.0 Å². The maximum absolute atomic E-state index is 5.74. The molecular weight excluding hydrogens is 300 g/mol. The number of hydrogen-bond donors (Lipinski definition) is 1. The summed E-state index contributed by atoms with van der Waals surface area (Å²) >= 11 is 4.95. The van der Waals surface area contributed by atoms with Gasteiger partial charge in [0, 0.05) is 5.56 Å². The largest absolute Gasteiger partial charge is 0.493 e. The molecule has 2 aromatic rings. The van der Waals surface area contributed by atoms with Gasteiger partial charge in [0.25, 0.3) is 0 Å². The summed E-state index contributed by atoms with van der Waals surface area (Å²) in [5.74, 6) is 1.56. The first-order valence-electron chi connectivity index (χ1n) is 5.42. The number of halogens is 1. The maximum Gasteiger partial charge on any atom is 0.149 e. The zero-order valence-corrected chi connectivity index (χ0v) is 11.5. The van der Waals surface area contributed by atoms with Gasteiger partial charge in [-0.05, 0) is 52.5 Å². The van der Waals surface area contributed by atoms with Crippen LogP contribution in [0.1, 0.15) is 12.0 Å². The summed E-state index contributed by atoms with van der Waals surface area (Å²) in [4.78, 5) is 4.34. The van der Waals surface area contributed by atoms with Gasteiger partial charge >= 0.3 is 0 Å². The van der Waals surface area contributed by atoms with Crippen LogP contribution in [0.2, 0.25) is 0 Å². The topological polar surface area (TPSA) is 48.1 Å². The van der Waals surface area contributed by atoms with Crippen LogP contribution in [0.25, 0.3) is 10.6 Å². The van der Waals surface area contributed by atoms with Crippen LogP contribution in [0.3, 0.4) is 0 Å². The molecule has 2 N–H and O–H groups in total. The van der Waals surface area contributed by atoms with E-state index in [4.69, 9.17) is 10.5 Å². The number of nitrogens with zero attached hydrogens (tertiary/aromatic N) is 1. The van der Waals surface area contributed by atoms with Crippen LogP contribution in [0.4, 0.5) is 5.82 Å². The number of ether oxygens (including phenoxy) is 1. The Balaban J connectivity index is 2.03. The van der Waals surface area contributed by atoms with Crippen molar-refractivity contribution in [3.05, 3.63) is 27.5 Å². The fourth-order valence-corrected chi connectivity index (χ4v) is 3.19. The number of hydrogen-bond acceptors (Lipinski definition) is 4. The number of anilines is 1. The Labute approximate surface area is 112 Å². The first-order chi connectivity index (χ1) is 8.24. The van der Waals surface area contributed by atoms with Crippen molar-refractivity contribution >= 4 is 33.1 Å². The highest BCUT2D eigenvalue weighted by atomic mass is 79.9. The lowest BCUT2D eigenvalue weighted by atomic mass is 10.0. The Hall–Kier alpha value is -1.07. The minimum absolute atomic E-state index is 0.555. The van der Waals surface area contributed by atoms with Gasteiger partial charge in [-0.3, -0.25) is 0 Å². The second kappa shape index (κ2) is 4.31. The zero-order chi connectivity index (χ0) is 11.8. The molecular formula is C12H11BrN2OS.